The van der Waals surface area contributed by atoms with Crippen molar-refractivity contribution in [3.8, 4) is 0 Å². The lowest BCUT2D eigenvalue weighted by molar-refractivity contribution is -0.221. The highest BCUT2D eigenvalue weighted by molar-refractivity contribution is 5.75. The maximum atomic E-state index is 13.0. The Morgan fingerprint density at radius 1 is 1.03 bits per heavy atom. The highest BCUT2D eigenvalue weighted by atomic mass is 16.7. The predicted molar refractivity (Wildman–Crippen MR) is 133 cm³/mol. The average Bonchev–Trinajstić information content (AvgIpc) is 2.81. The molecule has 0 aromatic carbocycles. The minimum absolute atomic E-state index is 0.156. The normalized spacial score (nSPS) is 33.5. The molecular weight excluding hydrogens is 416 g/mol. The Kier molecular flexibility index (Phi) is 7.68. The fraction of sp³-hybridized carbons (Fsp3) is 0.893. The largest absolute Gasteiger partial charge is 0.461 e. The third-order valence-corrected chi connectivity index (χ3v) is 8.19. The molecule has 0 radical (unpaired) electrons. The zero-order chi connectivity index (χ0) is 25.7. The number of carbonyl (C=O) groups excluding carboxylic acids is 1. The van der Waals surface area contributed by atoms with Crippen molar-refractivity contribution in [3.05, 3.63) is 11.6 Å². The molecule has 0 aromatic rings. The molecule has 1 saturated carbocycles. The number of rotatable bonds is 6. The quantitative estimate of drug-likeness (QED) is 0.354. The number of hydrogen-bond donors (Lipinski definition) is 1. The number of aliphatic hydroxyl groups is 1. The zero-order valence-corrected chi connectivity index (χ0v) is 23.3. The van der Waals surface area contributed by atoms with Gasteiger partial charge in [0.25, 0.3) is 0 Å². The lowest BCUT2D eigenvalue weighted by Gasteiger charge is -2.57. The van der Waals surface area contributed by atoms with Crippen LogP contribution in [0.4, 0.5) is 0 Å². The Morgan fingerprint density at radius 2 is 1.55 bits per heavy atom. The lowest BCUT2D eigenvalue weighted by atomic mass is 9.53. The second-order valence-electron chi connectivity index (χ2n) is 13.8. The van der Waals surface area contributed by atoms with Crippen LogP contribution in [0.15, 0.2) is 11.6 Å². The summed E-state index contributed by atoms with van der Waals surface area (Å²) in [5.74, 6) is -0.225. The van der Waals surface area contributed by atoms with Crippen molar-refractivity contribution >= 4 is 5.97 Å². The number of ether oxygens (including phenoxy) is 3. The highest BCUT2D eigenvalue weighted by Crippen LogP contribution is 2.57. The van der Waals surface area contributed by atoms with E-state index in [1.807, 2.05) is 20.8 Å². The van der Waals surface area contributed by atoms with Gasteiger partial charge in [0, 0.05) is 5.41 Å². The Morgan fingerprint density at radius 3 is 2.00 bits per heavy atom. The third kappa shape index (κ3) is 6.02. The SMILES string of the molecule is CC(C)=CC[C@]1(O)CC(C)(C)C[C@H](OC(=O)C(C)(C)C)[C@]1(C)CCC1OC(C)(C)C(C)(C)O1. The number of hydrogen-bond acceptors (Lipinski definition) is 5. The standard InChI is InChI=1S/C28H50O5/c1-19(2)13-16-28(30)18-24(6,7)17-20(31-22(29)23(3,4)5)27(28,12)15-14-21-32-25(8,9)26(10,11)33-21/h13,20-21,30H,14-18H2,1-12H3/t20-,27-,28-/m0/s1. The smallest absolute Gasteiger partial charge is 0.311 e. The molecule has 0 amide bonds. The molecule has 0 unspecified atom stereocenters. The molecule has 192 valence electrons. The first-order valence-corrected chi connectivity index (χ1v) is 12.6. The molecule has 0 bridgehead atoms. The van der Waals surface area contributed by atoms with Crippen LogP contribution in [0.1, 0.15) is 115 Å². The molecule has 2 rings (SSSR count). The first-order valence-electron chi connectivity index (χ1n) is 12.6. The van der Waals surface area contributed by atoms with Crippen LogP contribution in [-0.4, -0.2) is 40.3 Å². The van der Waals surface area contributed by atoms with E-state index >= 15 is 0 Å². The van der Waals surface area contributed by atoms with Gasteiger partial charge in [0.1, 0.15) is 6.10 Å². The van der Waals surface area contributed by atoms with E-state index in [2.05, 4.69) is 68.4 Å². The molecule has 1 saturated heterocycles. The van der Waals surface area contributed by atoms with Crippen molar-refractivity contribution in [1.29, 1.82) is 0 Å². The summed E-state index contributed by atoms with van der Waals surface area (Å²) >= 11 is 0. The predicted octanol–water partition coefficient (Wildman–Crippen LogP) is 6.57. The Balaban J connectivity index is 2.41. The van der Waals surface area contributed by atoms with Gasteiger partial charge < -0.3 is 19.3 Å². The molecule has 2 aliphatic rings. The molecule has 5 nitrogen and oxygen atoms in total. The van der Waals surface area contributed by atoms with Crippen molar-refractivity contribution in [2.75, 3.05) is 0 Å². The summed E-state index contributed by atoms with van der Waals surface area (Å²) in [7, 11) is 0. The van der Waals surface area contributed by atoms with Gasteiger partial charge in [-0.3, -0.25) is 4.79 Å². The third-order valence-electron chi connectivity index (χ3n) is 8.19. The maximum absolute atomic E-state index is 13.0. The molecule has 0 spiro atoms. The molecular formula is C28H50O5. The van der Waals surface area contributed by atoms with Gasteiger partial charge in [-0.1, -0.05) is 32.4 Å². The monoisotopic (exact) mass is 466 g/mol. The van der Waals surface area contributed by atoms with Crippen LogP contribution in [-0.2, 0) is 19.0 Å². The molecule has 1 N–H and O–H groups in total. The van der Waals surface area contributed by atoms with Gasteiger partial charge in [-0.2, -0.15) is 0 Å². The maximum Gasteiger partial charge on any atom is 0.311 e. The summed E-state index contributed by atoms with van der Waals surface area (Å²) < 4.78 is 18.7. The topological polar surface area (TPSA) is 65.0 Å². The van der Waals surface area contributed by atoms with Crippen LogP contribution in [0.25, 0.3) is 0 Å². The first-order chi connectivity index (χ1) is 14.6. The number of esters is 1. The number of allylic oxidation sites excluding steroid dienone is 1. The molecule has 0 aromatic heterocycles. The van der Waals surface area contributed by atoms with Crippen molar-refractivity contribution < 1.29 is 24.1 Å². The molecule has 3 atom stereocenters. The molecule has 1 aliphatic heterocycles. The Labute approximate surface area is 202 Å². The molecule has 2 fully saturated rings. The summed E-state index contributed by atoms with van der Waals surface area (Å²) in [6.07, 6.45) is 4.51. The molecule has 1 heterocycles. The molecule has 5 heteroatoms. The molecule has 1 aliphatic carbocycles. The van der Waals surface area contributed by atoms with Crippen molar-refractivity contribution in [1.82, 2.24) is 0 Å². The van der Waals surface area contributed by atoms with Crippen LogP contribution in [0, 0.1) is 16.2 Å². The van der Waals surface area contributed by atoms with E-state index in [-0.39, 0.29) is 17.7 Å². The van der Waals surface area contributed by atoms with Crippen molar-refractivity contribution in [3.63, 3.8) is 0 Å². The van der Waals surface area contributed by atoms with E-state index in [1.54, 1.807) is 0 Å². The summed E-state index contributed by atoms with van der Waals surface area (Å²) in [6, 6.07) is 0. The summed E-state index contributed by atoms with van der Waals surface area (Å²) in [6.45, 7) is 24.3. The van der Waals surface area contributed by atoms with Gasteiger partial charge in [0.05, 0.1) is 22.2 Å². The summed E-state index contributed by atoms with van der Waals surface area (Å²) in [5, 5.41) is 12.2. The van der Waals surface area contributed by atoms with E-state index in [4.69, 9.17) is 14.2 Å². The second kappa shape index (κ2) is 8.95. The van der Waals surface area contributed by atoms with Crippen molar-refractivity contribution in [2.24, 2.45) is 16.2 Å². The number of carbonyl (C=O) groups is 1. The van der Waals surface area contributed by atoms with Gasteiger partial charge in [-0.15, -0.1) is 0 Å². The fourth-order valence-corrected chi connectivity index (χ4v) is 5.14. The van der Waals surface area contributed by atoms with Crippen LogP contribution >= 0.6 is 0 Å². The second-order valence-corrected chi connectivity index (χ2v) is 13.8. The average molecular weight is 467 g/mol. The van der Waals surface area contributed by atoms with E-state index in [0.717, 1.165) is 0 Å². The highest BCUT2D eigenvalue weighted by Gasteiger charge is 2.60. The van der Waals surface area contributed by atoms with E-state index in [9.17, 15) is 9.90 Å². The first kappa shape index (κ1) is 28.3. The zero-order valence-electron chi connectivity index (χ0n) is 23.3. The summed E-state index contributed by atoms with van der Waals surface area (Å²) in [5.41, 5.74) is -2.04. The van der Waals surface area contributed by atoms with Gasteiger partial charge >= 0.3 is 5.97 Å². The summed E-state index contributed by atoms with van der Waals surface area (Å²) in [4.78, 5) is 13.0. The van der Waals surface area contributed by atoms with Gasteiger partial charge in [0.15, 0.2) is 6.29 Å². The van der Waals surface area contributed by atoms with Crippen molar-refractivity contribution in [2.45, 2.75) is 144 Å². The van der Waals surface area contributed by atoms with E-state index < -0.39 is 33.7 Å². The van der Waals surface area contributed by atoms with E-state index in [1.165, 1.54) is 5.57 Å². The van der Waals surface area contributed by atoms with Crippen LogP contribution in [0.2, 0.25) is 0 Å². The van der Waals surface area contributed by atoms with Crippen LogP contribution in [0.3, 0.4) is 0 Å². The van der Waals surface area contributed by atoms with E-state index in [0.29, 0.717) is 32.1 Å². The Hall–Kier alpha value is -0.910. The minimum atomic E-state index is -1.02. The van der Waals surface area contributed by atoms with Crippen LogP contribution in [0.5, 0.6) is 0 Å². The van der Waals surface area contributed by atoms with Gasteiger partial charge in [-0.25, -0.2) is 0 Å². The lowest BCUT2D eigenvalue weighted by Crippen LogP contribution is -2.61. The van der Waals surface area contributed by atoms with Gasteiger partial charge in [-0.05, 0) is 99.8 Å². The van der Waals surface area contributed by atoms with Crippen LogP contribution < -0.4 is 0 Å². The molecule has 33 heavy (non-hydrogen) atoms. The Bertz CT molecular complexity index is 737. The minimum Gasteiger partial charge on any atom is -0.461 e. The van der Waals surface area contributed by atoms with Gasteiger partial charge in [0.2, 0.25) is 0 Å². The fourth-order valence-electron chi connectivity index (χ4n) is 5.14.